The van der Waals surface area contributed by atoms with Crippen molar-refractivity contribution in [1.82, 2.24) is 0 Å². The van der Waals surface area contributed by atoms with Crippen LogP contribution in [0.3, 0.4) is 0 Å². The molecule has 6 N–H and O–H groups in total. The number of para-hydroxylation sites is 1. The van der Waals surface area contributed by atoms with E-state index in [1.165, 1.54) is 4.90 Å². The van der Waals surface area contributed by atoms with Gasteiger partial charge >= 0.3 is 23.5 Å². The first-order chi connectivity index (χ1) is 12.2. The number of piperidine rings is 1. The first-order valence-electron chi connectivity index (χ1n) is 7.25. The van der Waals surface area contributed by atoms with Gasteiger partial charge in [-0.1, -0.05) is 18.2 Å². The van der Waals surface area contributed by atoms with E-state index in [2.05, 4.69) is 13.6 Å². The Morgan fingerprint density at radius 2 is 1.15 bits per heavy atom. The maximum absolute atomic E-state index is 11.3. The summed E-state index contributed by atoms with van der Waals surface area (Å²) in [7, 11) is -15.5. The molecule has 1 aromatic rings. The zero-order valence-corrected chi connectivity index (χ0v) is 16.1. The van der Waals surface area contributed by atoms with Crippen LogP contribution in [0.25, 0.3) is 0 Å². The van der Waals surface area contributed by atoms with Crippen LogP contribution in [0.2, 0.25) is 0 Å². The summed E-state index contributed by atoms with van der Waals surface area (Å²) >= 11 is 0. The summed E-state index contributed by atoms with van der Waals surface area (Å²) in [6, 6.07) is 8.19. The molecule has 1 aliphatic heterocycles. The summed E-state index contributed by atoms with van der Waals surface area (Å²) in [6.45, 7) is -0.610. The van der Waals surface area contributed by atoms with Crippen LogP contribution in [-0.2, 0) is 27.3 Å². The van der Waals surface area contributed by atoms with Crippen molar-refractivity contribution in [2.24, 2.45) is 0 Å². The minimum absolute atomic E-state index is 0.305. The first kappa shape index (κ1) is 22.6. The molecule has 1 aliphatic rings. The molecule has 1 fully saturated rings. The van der Waals surface area contributed by atoms with Gasteiger partial charge < -0.3 is 34.3 Å². The van der Waals surface area contributed by atoms with Gasteiger partial charge in [0.25, 0.3) is 0 Å². The Hall–Kier alpha value is -0.650. The van der Waals surface area contributed by atoms with Crippen LogP contribution in [0.1, 0.15) is 0 Å². The maximum Gasteiger partial charge on any atom is 0.470 e. The molecular formula is C11H18NO12P3. The zero-order chi connectivity index (χ0) is 20.5. The van der Waals surface area contributed by atoms with Gasteiger partial charge in [0.15, 0.2) is 0 Å². The molecule has 2 rings (SSSR count). The van der Waals surface area contributed by atoms with E-state index in [9.17, 15) is 13.7 Å². The summed E-state index contributed by atoms with van der Waals surface area (Å²) in [5.41, 5.74) is 0.491. The van der Waals surface area contributed by atoms with Gasteiger partial charge in [0, 0.05) is 18.8 Å². The lowest BCUT2D eigenvalue weighted by Crippen LogP contribution is -2.57. The van der Waals surface area contributed by atoms with E-state index in [1.807, 2.05) is 0 Å². The van der Waals surface area contributed by atoms with Crippen LogP contribution in [0.15, 0.2) is 30.3 Å². The number of hydrogen-bond acceptors (Lipinski definition) is 7. The molecule has 1 saturated heterocycles. The van der Waals surface area contributed by atoms with Crippen molar-refractivity contribution in [3.8, 4) is 0 Å². The predicted octanol–water partition coefficient (Wildman–Crippen LogP) is -0.0597. The van der Waals surface area contributed by atoms with Gasteiger partial charge in [0.1, 0.15) is 18.3 Å². The molecule has 0 unspecified atom stereocenters. The van der Waals surface area contributed by atoms with Gasteiger partial charge in [-0.2, -0.15) is 0 Å². The molecule has 13 nitrogen and oxygen atoms in total. The van der Waals surface area contributed by atoms with E-state index in [4.69, 9.17) is 29.4 Å². The number of anilines is 1. The van der Waals surface area contributed by atoms with Gasteiger partial charge in [0.2, 0.25) is 0 Å². The smallest absolute Gasteiger partial charge is 0.366 e. The van der Waals surface area contributed by atoms with Crippen LogP contribution in [0, 0.1) is 0 Å². The van der Waals surface area contributed by atoms with Crippen LogP contribution in [0.5, 0.6) is 0 Å². The Kier molecular flexibility index (Phi) is 7.03. The normalized spacial score (nSPS) is 22.8. The van der Waals surface area contributed by atoms with E-state index in [0.717, 1.165) is 0 Å². The molecule has 0 spiro atoms. The molecule has 0 bridgehead atoms. The van der Waals surface area contributed by atoms with Gasteiger partial charge in [-0.05, 0) is 12.1 Å². The summed E-state index contributed by atoms with van der Waals surface area (Å²) in [6.07, 6.45) is -5.22. The van der Waals surface area contributed by atoms with Crippen LogP contribution < -0.4 is 4.90 Å². The topological polar surface area (TPSA) is 204 Å². The highest BCUT2D eigenvalue weighted by atomic mass is 31.2. The Balaban J connectivity index is 2.40. The third-order valence-corrected chi connectivity index (χ3v) is 5.07. The SMILES string of the molecule is O=P(O)(O)OC1[C@H](OP(=O)(O)O)CN(c2ccccc2)C[C@H]1OP(=O)(O)O. The highest BCUT2D eigenvalue weighted by Crippen LogP contribution is 2.48. The Morgan fingerprint density at radius 3 is 1.52 bits per heavy atom. The van der Waals surface area contributed by atoms with E-state index in [1.54, 1.807) is 30.3 Å². The standard InChI is InChI=1S/C11H18NO12P3/c13-25(14,15)22-9-6-12(8-4-2-1-3-5-8)7-10(23-26(16,17)18)11(9)24-27(19,20)21/h1-5,9-11H,6-7H2,(H2,13,14,15)(H2,16,17,18)(H2,19,20,21)/t9-,10-/m1/s1. The second-order valence-electron chi connectivity index (χ2n) is 5.57. The Morgan fingerprint density at radius 1 is 0.741 bits per heavy atom. The highest BCUT2D eigenvalue weighted by Gasteiger charge is 2.47. The summed E-state index contributed by atoms with van der Waals surface area (Å²) in [5.74, 6) is 0. The molecule has 1 aromatic carbocycles. The van der Waals surface area contributed by atoms with Crippen LogP contribution in [-0.4, -0.2) is 60.8 Å². The lowest BCUT2D eigenvalue weighted by molar-refractivity contribution is -0.0596. The zero-order valence-electron chi connectivity index (χ0n) is 13.5. The Bertz CT molecular complexity index is 738. The molecule has 154 valence electrons. The number of hydrogen-bond donors (Lipinski definition) is 6. The average Bonchev–Trinajstić information content (AvgIpc) is 2.47. The number of nitrogens with zero attached hydrogens (tertiary/aromatic N) is 1. The fourth-order valence-corrected chi connectivity index (χ4v) is 4.31. The lowest BCUT2D eigenvalue weighted by Gasteiger charge is -2.43. The third kappa shape index (κ3) is 7.71. The largest absolute Gasteiger partial charge is 0.470 e. The van der Waals surface area contributed by atoms with Crippen LogP contribution >= 0.6 is 23.5 Å². The predicted molar refractivity (Wildman–Crippen MR) is 89.4 cm³/mol. The number of phosphoric ester groups is 3. The van der Waals surface area contributed by atoms with E-state index < -0.39 is 41.8 Å². The van der Waals surface area contributed by atoms with Gasteiger partial charge in [-0.25, -0.2) is 13.7 Å². The van der Waals surface area contributed by atoms with Crippen molar-refractivity contribution in [2.75, 3.05) is 18.0 Å². The molecule has 2 atom stereocenters. The van der Waals surface area contributed by atoms with Crippen molar-refractivity contribution >= 4 is 29.2 Å². The summed E-state index contributed by atoms with van der Waals surface area (Å²) in [5, 5.41) is 0. The van der Waals surface area contributed by atoms with Crippen molar-refractivity contribution in [2.45, 2.75) is 18.3 Å². The number of benzene rings is 1. The fraction of sp³-hybridized carbons (Fsp3) is 0.455. The molecule has 0 saturated carbocycles. The second kappa shape index (κ2) is 8.38. The van der Waals surface area contributed by atoms with Crippen molar-refractivity contribution in [3.63, 3.8) is 0 Å². The second-order valence-corrected chi connectivity index (χ2v) is 9.15. The molecule has 0 aliphatic carbocycles. The molecule has 16 heteroatoms. The fourth-order valence-electron chi connectivity index (χ4n) is 2.64. The quantitative estimate of drug-likeness (QED) is 0.302. The summed E-state index contributed by atoms with van der Waals surface area (Å²) < 4.78 is 47.3. The van der Waals surface area contributed by atoms with Gasteiger partial charge in [0.05, 0.1) is 0 Å². The monoisotopic (exact) mass is 449 g/mol. The molecule has 1 heterocycles. The van der Waals surface area contributed by atoms with Gasteiger partial charge in [-0.3, -0.25) is 13.6 Å². The maximum atomic E-state index is 11.3. The van der Waals surface area contributed by atoms with Crippen molar-refractivity contribution < 1.29 is 56.6 Å². The molecule has 0 radical (unpaired) electrons. The first-order valence-corrected chi connectivity index (χ1v) is 11.8. The molecule has 0 aromatic heterocycles. The number of rotatable bonds is 7. The molecule has 0 amide bonds. The van der Waals surface area contributed by atoms with Crippen molar-refractivity contribution in [1.29, 1.82) is 0 Å². The van der Waals surface area contributed by atoms with Gasteiger partial charge in [-0.15, -0.1) is 0 Å². The summed E-state index contributed by atoms with van der Waals surface area (Å²) in [4.78, 5) is 55.9. The van der Waals surface area contributed by atoms with Crippen molar-refractivity contribution in [3.05, 3.63) is 30.3 Å². The highest BCUT2D eigenvalue weighted by molar-refractivity contribution is 7.47. The lowest BCUT2D eigenvalue weighted by atomic mass is 10.0. The van der Waals surface area contributed by atoms with E-state index in [0.29, 0.717) is 5.69 Å². The minimum atomic E-state index is -5.22. The number of phosphoric acid groups is 3. The minimum Gasteiger partial charge on any atom is -0.366 e. The third-order valence-electron chi connectivity index (χ3n) is 3.46. The van der Waals surface area contributed by atoms with Crippen LogP contribution in [0.4, 0.5) is 5.69 Å². The Labute approximate surface area is 153 Å². The molecular weight excluding hydrogens is 431 g/mol. The van der Waals surface area contributed by atoms with E-state index >= 15 is 0 Å². The molecule has 27 heavy (non-hydrogen) atoms. The van der Waals surface area contributed by atoms with E-state index in [-0.39, 0.29) is 13.1 Å². The average molecular weight is 449 g/mol.